The van der Waals surface area contributed by atoms with Gasteiger partial charge in [-0.2, -0.15) is 0 Å². The number of carbonyl (C=O) groups is 1. The average Bonchev–Trinajstić information content (AvgIpc) is 2.65. The zero-order valence-corrected chi connectivity index (χ0v) is 19.1. The third-order valence-electron chi connectivity index (χ3n) is 9.41. The first-order valence-electron chi connectivity index (χ1n) is 11.1. The molecule has 2 saturated carbocycles. The molecular formula is C23H36O8. The van der Waals surface area contributed by atoms with Crippen molar-refractivity contribution < 1.29 is 39.8 Å². The Balaban J connectivity index is 2.01. The Kier molecular flexibility index (Phi) is 5.03. The van der Waals surface area contributed by atoms with Crippen molar-refractivity contribution in [2.75, 3.05) is 6.61 Å². The molecule has 31 heavy (non-hydrogen) atoms. The molecule has 4 rings (SSSR count). The van der Waals surface area contributed by atoms with Crippen LogP contribution in [0.5, 0.6) is 0 Å². The van der Waals surface area contributed by atoms with E-state index < -0.39 is 70.4 Å². The first-order valence-corrected chi connectivity index (χ1v) is 11.1. The van der Waals surface area contributed by atoms with E-state index in [2.05, 4.69) is 0 Å². The molecule has 1 aliphatic heterocycles. The minimum absolute atomic E-state index is 0.0314. The minimum atomic E-state index is -1.50. The number of aliphatic hydroxyl groups excluding tert-OH is 4. The van der Waals surface area contributed by atoms with Crippen molar-refractivity contribution in [3.63, 3.8) is 0 Å². The molecule has 3 fully saturated rings. The summed E-state index contributed by atoms with van der Waals surface area (Å²) in [5.41, 5.74) is -4.01. The third-order valence-corrected chi connectivity index (χ3v) is 9.41. The summed E-state index contributed by atoms with van der Waals surface area (Å²) < 4.78 is 11.5. The van der Waals surface area contributed by atoms with Crippen LogP contribution in [0.25, 0.3) is 0 Å². The average molecular weight is 441 g/mol. The van der Waals surface area contributed by atoms with E-state index in [9.17, 15) is 30.3 Å². The lowest BCUT2D eigenvalue weighted by atomic mass is 9.42. The van der Waals surface area contributed by atoms with Gasteiger partial charge >= 0.3 is 5.97 Å². The van der Waals surface area contributed by atoms with Crippen LogP contribution < -0.4 is 0 Å². The van der Waals surface area contributed by atoms with Gasteiger partial charge in [-0.1, -0.05) is 27.7 Å². The molecule has 9 unspecified atom stereocenters. The Morgan fingerprint density at radius 3 is 2.29 bits per heavy atom. The van der Waals surface area contributed by atoms with Gasteiger partial charge in [-0.15, -0.1) is 0 Å². The van der Waals surface area contributed by atoms with Crippen LogP contribution in [0.2, 0.25) is 0 Å². The summed E-state index contributed by atoms with van der Waals surface area (Å²) in [6, 6.07) is 0. The van der Waals surface area contributed by atoms with Gasteiger partial charge in [0, 0.05) is 36.5 Å². The Labute approximate surface area is 182 Å². The van der Waals surface area contributed by atoms with Crippen LogP contribution in [-0.4, -0.2) is 79.8 Å². The maximum atomic E-state index is 12.2. The molecule has 5 N–H and O–H groups in total. The van der Waals surface area contributed by atoms with Gasteiger partial charge in [0.15, 0.2) is 5.60 Å². The summed E-state index contributed by atoms with van der Waals surface area (Å²) in [7, 11) is 0. The van der Waals surface area contributed by atoms with Crippen LogP contribution in [0.4, 0.5) is 0 Å². The van der Waals surface area contributed by atoms with E-state index in [1.165, 1.54) is 6.92 Å². The lowest BCUT2D eigenvalue weighted by molar-refractivity contribution is -0.358. The standard InChI is InChI=1S/C23H36O8/c1-10-13(25)8-23(29)11(2)18-21(6,19(28)17(27)16(10)20(23,4)5)14(26)7-15-22(18,9-30-15)31-12(3)24/h11,13-15,17-19,25-29H,7-9H2,1-6H3/t11?,13?,14?,15?,17?,18?,19?,21?,22-,23?/m0/s1. The van der Waals surface area contributed by atoms with Crippen LogP contribution in [-0.2, 0) is 14.3 Å². The summed E-state index contributed by atoms with van der Waals surface area (Å²) in [6.07, 6.45) is -5.29. The second-order valence-electron chi connectivity index (χ2n) is 11.0. The summed E-state index contributed by atoms with van der Waals surface area (Å²) in [5.74, 6) is -1.86. The molecule has 0 aromatic rings. The van der Waals surface area contributed by atoms with Crippen molar-refractivity contribution in [3.05, 3.63) is 11.1 Å². The SMILES string of the molecule is CC(=O)O[C@@]12COC1CC(O)C1(C)C(O)C(O)C3=C(C)C(O)CC(O)(C(C)C12)C3(C)C. The van der Waals surface area contributed by atoms with Crippen LogP contribution >= 0.6 is 0 Å². The number of aliphatic hydroxyl groups is 5. The summed E-state index contributed by atoms with van der Waals surface area (Å²) in [4.78, 5) is 12.1. The predicted molar refractivity (Wildman–Crippen MR) is 110 cm³/mol. The second kappa shape index (κ2) is 6.74. The van der Waals surface area contributed by atoms with Gasteiger partial charge in [0.05, 0.1) is 30.5 Å². The van der Waals surface area contributed by atoms with Crippen molar-refractivity contribution in [2.45, 2.75) is 96.1 Å². The van der Waals surface area contributed by atoms with Crippen molar-refractivity contribution in [1.82, 2.24) is 0 Å². The van der Waals surface area contributed by atoms with E-state index in [1.54, 1.807) is 27.7 Å². The normalized spacial score (nSPS) is 53.5. The maximum absolute atomic E-state index is 12.2. The molecule has 3 aliphatic carbocycles. The number of hydrogen-bond donors (Lipinski definition) is 5. The van der Waals surface area contributed by atoms with E-state index in [1.807, 2.05) is 6.92 Å². The number of hydrogen-bond acceptors (Lipinski definition) is 8. The minimum Gasteiger partial charge on any atom is -0.454 e. The van der Waals surface area contributed by atoms with Gasteiger partial charge in [0.2, 0.25) is 0 Å². The number of esters is 1. The van der Waals surface area contributed by atoms with Gasteiger partial charge < -0.3 is 35.0 Å². The van der Waals surface area contributed by atoms with E-state index in [0.29, 0.717) is 11.1 Å². The molecular weight excluding hydrogens is 404 g/mol. The summed E-state index contributed by atoms with van der Waals surface area (Å²) >= 11 is 0. The Hall–Kier alpha value is -1.03. The topological polar surface area (TPSA) is 137 Å². The fraction of sp³-hybridized carbons (Fsp3) is 0.870. The van der Waals surface area contributed by atoms with E-state index >= 15 is 0 Å². The molecule has 1 saturated heterocycles. The monoisotopic (exact) mass is 440 g/mol. The summed E-state index contributed by atoms with van der Waals surface area (Å²) in [6.45, 7) is 10.2. The molecule has 0 spiro atoms. The Morgan fingerprint density at radius 1 is 1.16 bits per heavy atom. The number of ether oxygens (including phenoxy) is 2. The second-order valence-corrected chi connectivity index (χ2v) is 11.0. The van der Waals surface area contributed by atoms with Crippen LogP contribution in [0.3, 0.4) is 0 Å². The summed E-state index contributed by atoms with van der Waals surface area (Å²) in [5, 5.41) is 57.1. The third kappa shape index (κ3) is 2.60. The molecule has 0 amide bonds. The molecule has 176 valence electrons. The molecule has 8 heteroatoms. The lowest BCUT2D eigenvalue weighted by Gasteiger charge is -2.69. The number of carbonyl (C=O) groups excluding carboxylic acids is 1. The highest BCUT2D eigenvalue weighted by atomic mass is 16.6. The van der Waals surface area contributed by atoms with Gasteiger partial charge in [-0.25, -0.2) is 0 Å². The largest absolute Gasteiger partial charge is 0.454 e. The van der Waals surface area contributed by atoms with Crippen molar-refractivity contribution in [1.29, 1.82) is 0 Å². The van der Waals surface area contributed by atoms with Crippen LogP contribution in [0.1, 0.15) is 54.4 Å². The first-order chi connectivity index (χ1) is 14.2. The van der Waals surface area contributed by atoms with Gasteiger partial charge in [-0.05, 0) is 24.0 Å². The molecule has 0 aromatic heterocycles. The van der Waals surface area contributed by atoms with Crippen LogP contribution in [0, 0.1) is 22.7 Å². The van der Waals surface area contributed by atoms with E-state index in [0.717, 1.165) is 0 Å². The molecule has 8 nitrogen and oxygen atoms in total. The number of rotatable bonds is 1. The molecule has 0 aromatic carbocycles. The van der Waals surface area contributed by atoms with Gasteiger partial charge in [0.1, 0.15) is 12.2 Å². The quantitative estimate of drug-likeness (QED) is 0.290. The predicted octanol–water partition coefficient (Wildman–Crippen LogP) is 0.284. The first kappa shape index (κ1) is 23.1. The van der Waals surface area contributed by atoms with Crippen molar-refractivity contribution in [3.8, 4) is 0 Å². The number of fused-ring (bicyclic) bond motifs is 5. The fourth-order valence-corrected chi connectivity index (χ4v) is 7.62. The van der Waals surface area contributed by atoms with E-state index in [4.69, 9.17) is 9.47 Å². The highest BCUT2D eigenvalue weighted by Crippen LogP contribution is 2.65. The lowest BCUT2D eigenvalue weighted by Crippen LogP contribution is -2.80. The fourth-order valence-electron chi connectivity index (χ4n) is 7.62. The van der Waals surface area contributed by atoms with Crippen molar-refractivity contribution in [2.24, 2.45) is 22.7 Å². The smallest absolute Gasteiger partial charge is 0.303 e. The Bertz CT molecular complexity index is 822. The molecule has 0 radical (unpaired) electrons. The van der Waals surface area contributed by atoms with Gasteiger partial charge in [0.25, 0.3) is 0 Å². The Morgan fingerprint density at radius 2 is 1.77 bits per heavy atom. The van der Waals surface area contributed by atoms with Gasteiger partial charge in [-0.3, -0.25) is 4.79 Å². The van der Waals surface area contributed by atoms with Crippen LogP contribution in [0.15, 0.2) is 11.1 Å². The maximum Gasteiger partial charge on any atom is 0.303 e. The highest BCUT2D eigenvalue weighted by Gasteiger charge is 2.75. The molecule has 1 heterocycles. The van der Waals surface area contributed by atoms with Crippen molar-refractivity contribution >= 4 is 5.97 Å². The zero-order chi connectivity index (χ0) is 23.3. The van der Waals surface area contributed by atoms with E-state index in [-0.39, 0.29) is 19.4 Å². The highest BCUT2D eigenvalue weighted by molar-refractivity contribution is 5.67. The molecule has 4 aliphatic rings. The molecule has 10 atom stereocenters. The molecule has 2 bridgehead atoms. The zero-order valence-electron chi connectivity index (χ0n) is 19.1.